The first-order valence-electron chi connectivity index (χ1n) is 8.75. The number of anilines is 2. The summed E-state index contributed by atoms with van der Waals surface area (Å²) in [6, 6.07) is 3.31. The van der Waals surface area contributed by atoms with Gasteiger partial charge in [0, 0.05) is 24.5 Å². The normalized spacial score (nSPS) is 15.3. The van der Waals surface area contributed by atoms with Crippen LogP contribution < -0.4 is 20.1 Å². The zero-order chi connectivity index (χ0) is 20.9. The van der Waals surface area contributed by atoms with Crippen molar-refractivity contribution in [3.8, 4) is 22.9 Å². The number of nitrogen functional groups attached to an aromatic ring is 1. The second-order valence-electron chi connectivity index (χ2n) is 7.13. The van der Waals surface area contributed by atoms with E-state index in [4.69, 9.17) is 43.4 Å². The number of hydrogen-bond acceptors (Lipinski definition) is 8. The van der Waals surface area contributed by atoms with Gasteiger partial charge in [-0.2, -0.15) is 0 Å². The fraction of sp³-hybridized carbons (Fsp3) is 0.316. The molecule has 0 saturated carbocycles. The van der Waals surface area contributed by atoms with Crippen LogP contribution in [0.5, 0.6) is 11.5 Å². The number of aliphatic hydroxyl groups is 1. The molecule has 1 aliphatic rings. The lowest BCUT2D eigenvalue weighted by molar-refractivity contribution is 0.0307. The van der Waals surface area contributed by atoms with Gasteiger partial charge in [0.2, 0.25) is 0 Å². The van der Waals surface area contributed by atoms with E-state index in [2.05, 4.69) is 9.97 Å². The molecule has 1 aromatic carbocycles. The number of halogens is 2. The lowest BCUT2D eigenvalue weighted by atomic mass is 9.96. The Labute approximate surface area is 177 Å². The van der Waals surface area contributed by atoms with Crippen molar-refractivity contribution in [2.24, 2.45) is 0 Å². The Morgan fingerprint density at radius 2 is 1.72 bits per heavy atom. The third kappa shape index (κ3) is 3.37. The highest BCUT2D eigenvalue weighted by atomic mass is 35.5. The number of ether oxygens (including phenoxy) is 2. The first-order chi connectivity index (χ1) is 13.7. The summed E-state index contributed by atoms with van der Waals surface area (Å²) in [7, 11) is 3.00. The molecule has 1 fully saturated rings. The topological polar surface area (TPSA) is 107 Å². The minimum Gasteiger partial charge on any atom is -0.495 e. The van der Waals surface area contributed by atoms with Gasteiger partial charge >= 0.3 is 0 Å². The van der Waals surface area contributed by atoms with E-state index in [-0.39, 0.29) is 15.9 Å². The Morgan fingerprint density at radius 3 is 2.28 bits per heavy atom. The number of methoxy groups -OCH3 is 2. The molecule has 10 heteroatoms. The fourth-order valence-electron chi connectivity index (χ4n) is 3.39. The molecule has 0 atom stereocenters. The SMILES string of the molecule is COc1cc(OC)c(Cl)c(-c2nc(N3CC(C)(O)C3)c3cc(N)ncc3n2)c1Cl. The summed E-state index contributed by atoms with van der Waals surface area (Å²) in [6.45, 7) is 2.61. The minimum atomic E-state index is -0.787. The Morgan fingerprint density at radius 1 is 1.10 bits per heavy atom. The number of hydrogen-bond donors (Lipinski definition) is 2. The van der Waals surface area contributed by atoms with Crippen LogP contribution in [0, 0.1) is 0 Å². The van der Waals surface area contributed by atoms with Gasteiger partial charge in [-0.1, -0.05) is 23.2 Å². The van der Waals surface area contributed by atoms with Crippen molar-refractivity contribution in [1.82, 2.24) is 15.0 Å². The number of rotatable bonds is 4. The summed E-state index contributed by atoms with van der Waals surface area (Å²) >= 11 is 13.1. The van der Waals surface area contributed by atoms with Crippen molar-refractivity contribution in [2.45, 2.75) is 12.5 Å². The highest BCUT2D eigenvalue weighted by Crippen LogP contribution is 2.46. The molecule has 0 aliphatic carbocycles. The average molecular weight is 436 g/mol. The Balaban J connectivity index is 1.98. The maximum Gasteiger partial charge on any atom is 0.165 e. The van der Waals surface area contributed by atoms with Crippen molar-refractivity contribution < 1.29 is 14.6 Å². The van der Waals surface area contributed by atoms with Crippen LogP contribution >= 0.6 is 23.2 Å². The molecule has 1 aliphatic heterocycles. The van der Waals surface area contributed by atoms with E-state index >= 15 is 0 Å². The number of benzene rings is 1. The summed E-state index contributed by atoms with van der Waals surface area (Å²) in [5.74, 6) is 2.02. The van der Waals surface area contributed by atoms with E-state index in [1.165, 1.54) is 14.2 Å². The van der Waals surface area contributed by atoms with Gasteiger partial charge < -0.3 is 25.2 Å². The van der Waals surface area contributed by atoms with Crippen LogP contribution in [-0.2, 0) is 0 Å². The summed E-state index contributed by atoms with van der Waals surface area (Å²) in [5, 5.41) is 11.4. The zero-order valence-corrected chi connectivity index (χ0v) is 17.5. The first-order valence-corrected chi connectivity index (χ1v) is 9.50. The number of aromatic nitrogens is 3. The standard InChI is InChI=1S/C19H19Cl2N5O3/c1-19(27)7-26(8-19)18-9-4-13(22)23-6-10(9)24-17(25-18)14-15(20)11(28-2)5-12(29-3)16(14)21/h4-6,27H,7-8H2,1-3H3,(H2,22,23). The molecule has 3 N–H and O–H groups in total. The van der Waals surface area contributed by atoms with E-state index in [1.54, 1.807) is 25.3 Å². The molecule has 0 spiro atoms. The van der Waals surface area contributed by atoms with E-state index in [0.29, 0.717) is 47.3 Å². The smallest absolute Gasteiger partial charge is 0.165 e. The van der Waals surface area contributed by atoms with Crippen LogP contribution in [0.3, 0.4) is 0 Å². The highest BCUT2D eigenvalue weighted by molar-refractivity contribution is 6.41. The Kier molecular flexibility index (Phi) is 4.80. The molecular weight excluding hydrogens is 417 g/mol. The van der Waals surface area contributed by atoms with Gasteiger partial charge in [0.1, 0.15) is 23.1 Å². The van der Waals surface area contributed by atoms with E-state index in [0.717, 1.165) is 5.39 Å². The quantitative estimate of drug-likeness (QED) is 0.643. The van der Waals surface area contributed by atoms with E-state index in [1.807, 2.05) is 4.90 Å². The molecule has 0 unspecified atom stereocenters. The van der Waals surface area contributed by atoms with Crippen molar-refractivity contribution >= 4 is 45.7 Å². The lowest BCUT2D eigenvalue weighted by Gasteiger charge is -2.45. The molecule has 0 amide bonds. The lowest BCUT2D eigenvalue weighted by Crippen LogP contribution is -2.60. The first kappa shape index (κ1) is 19.8. The molecular formula is C19H19Cl2N5O3. The fourth-order valence-corrected chi connectivity index (χ4v) is 4.06. The summed E-state index contributed by atoms with van der Waals surface area (Å²) < 4.78 is 10.7. The van der Waals surface area contributed by atoms with Gasteiger partial charge in [-0.3, -0.25) is 0 Å². The number of nitrogens with two attached hydrogens (primary N) is 1. The molecule has 8 nitrogen and oxygen atoms in total. The molecule has 4 rings (SSSR count). The third-order valence-electron chi connectivity index (χ3n) is 4.74. The molecule has 2 aromatic heterocycles. The Hall–Kier alpha value is -2.55. The van der Waals surface area contributed by atoms with Crippen LogP contribution in [0.15, 0.2) is 18.3 Å². The molecule has 0 radical (unpaired) electrons. The van der Waals surface area contributed by atoms with Crippen LogP contribution in [0.1, 0.15) is 6.92 Å². The van der Waals surface area contributed by atoms with Crippen molar-refractivity contribution in [1.29, 1.82) is 0 Å². The summed E-state index contributed by atoms with van der Waals surface area (Å²) in [5.41, 5.74) is 6.04. The van der Waals surface area contributed by atoms with E-state index in [9.17, 15) is 5.11 Å². The largest absolute Gasteiger partial charge is 0.495 e. The van der Waals surface area contributed by atoms with Crippen LogP contribution in [0.25, 0.3) is 22.3 Å². The zero-order valence-electron chi connectivity index (χ0n) is 16.0. The number of fused-ring (bicyclic) bond motifs is 1. The minimum absolute atomic E-state index is 0.266. The van der Waals surface area contributed by atoms with Gasteiger partial charge in [-0.05, 0) is 13.0 Å². The molecule has 0 bridgehead atoms. The summed E-state index contributed by atoms with van der Waals surface area (Å²) in [6.07, 6.45) is 1.57. The molecule has 29 heavy (non-hydrogen) atoms. The maximum atomic E-state index is 10.2. The van der Waals surface area contributed by atoms with Crippen molar-refractivity contribution in [3.05, 3.63) is 28.4 Å². The van der Waals surface area contributed by atoms with Gasteiger partial charge in [0.15, 0.2) is 5.82 Å². The predicted octanol–water partition coefficient (Wildman–Crippen LogP) is 3.17. The van der Waals surface area contributed by atoms with Crippen molar-refractivity contribution in [2.75, 3.05) is 37.9 Å². The third-order valence-corrected chi connectivity index (χ3v) is 5.49. The molecule has 3 aromatic rings. The van der Waals surface area contributed by atoms with Crippen molar-refractivity contribution in [3.63, 3.8) is 0 Å². The molecule has 3 heterocycles. The molecule has 152 valence electrons. The van der Waals surface area contributed by atoms with Gasteiger partial charge in [0.25, 0.3) is 0 Å². The second-order valence-corrected chi connectivity index (χ2v) is 7.89. The monoisotopic (exact) mass is 435 g/mol. The van der Waals surface area contributed by atoms with Crippen LogP contribution in [0.2, 0.25) is 10.0 Å². The number of β-amino-alcohol motifs (C(OH)–C–C–N with tert-alkyl or cyclic N) is 1. The Bertz CT molecular complexity index is 1090. The van der Waals surface area contributed by atoms with Crippen LogP contribution in [0.4, 0.5) is 11.6 Å². The predicted molar refractivity (Wildman–Crippen MR) is 113 cm³/mol. The number of pyridine rings is 1. The summed E-state index contributed by atoms with van der Waals surface area (Å²) in [4.78, 5) is 15.4. The van der Waals surface area contributed by atoms with Gasteiger partial charge in [-0.25, -0.2) is 15.0 Å². The van der Waals surface area contributed by atoms with E-state index < -0.39 is 5.60 Å². The van der Waals surface area contributed by atoms with Gasteiger partial charge in [-0.15, -0.1) is 0 Å². The average Bonchev–Trinajstić information content (AvgIpc) is 2.66. The second kappa shape index (κ2) is 7.05. The maximum absolute atomic E-state index is 10.2. The molecule has 1 saturated heterocycles. The van der Waals surface area contributed by atoms with Crippen LogP contribution in [-0.4, -0.2) is 53.0 Å². The number of nitrogens with zero attached hydrogens (tertiary/aromatic N) is 4. The van der Waals surface area contributed by atoms with Gasteiger partial charge in [0.05, 0.1) is 47.1 Å². The highest BCUT2D eigenvalue weighted by Gasteiger charge is 2.38.